The minimum absolute atomic E-state index is 0.465. The summed E-state index contributed by atoms with van der Waals surface area (Å²) in [5.74, 6) is 0. The van der Waals surface area contributed by atoms with E-state index in [9.17, 15) is 0 Å². The maximum atomic E-state index is 15.2. The number of halogens is 1. The van der Waals surface area contributed by atoms with Crippen molar-refractivity contribution in [3.05, 3.63) is 42.2 Å². The van der Waals surface area contributed by atoms with Crippen LogP contribution in [-0.4, -0.2) is 28.1 Å². The van der Waals surface area contributed by atoms with Crippen LogP contribution < -0.4 is 5.32 Å². The van der Waals surface area contributed by atoms with Gasteiger partial charge in [0.25, 0.3) is 0 Å². The van der Waals surface area contributed by atoms with Gasteiger partial charge in [-0.2, -0.15) is 0 Å². The van der Waals surface area contributed by atoms with Crippen LogP contribution >= 0.6 is 0 Å². The van der Waals surface area contributed by atoms with E-state index in [1.807, 2.05) is 30.3 Å². The van der Waals surface area contributed by atoms with E-state index in [0.717, 1.165) is 18.7 Å². The van der Waals surface area contributed by atoms with Crippen LogP contribution in [0.15, 0.2) is 36.5 Å². The summed E-state index contributed by atoms with van der Waals surface area (Å²) in [5.41, 5.74) is 0.0645. The molecule has 0 bridgehead atoms. The second kappa shape index (κ2) is 5.09. The molecule has 1 N–H and O–H groups in total. The zero-order valence-electron chi connectivity index (χ0n) is 10.7. The van der Waals surface area contributed by atoms with Crippen molar-refractivity contribution in [2.45, 2.75) is 24.9 Å². The molecule has 0 saturated carbocycles. The highest BCUT2D eigenvalue weighted by Gasteiger charge is 2.36. The standard InChI is InChI=1S/C14H17FN4/c15-14(7-4-9-16-10-8-14)13-11-17-18-19(13)12-5-2-1-3-6-12/h1-3,5-6,11,16H,4,7-10H2. The SMILES string of the molecule is FC1(c2cnnn2-c2ccccc2)CCCNCC1. The molecule has 0 radical (unpaired) electrons. The van der Waals surface area contributed by atoms with E-state index >= 15 is 4.39 Å². The number of alkyl halides is 1. The van der Waals surface area contributed by atoms with Crippen molar-refractivity contribution in [1.29, 1.82) is 0 Å². The monoisotopic (exact) mass is 260 g/mol. The first kappa shape index (κ1) is 12.3. The average molecular weight is 260 g/mol. The van der Waals surface area contributed by atoms with E-state index < -0.39 is 5.67 Å². The van der Waals surface area contributed by atoms with Gasteiger partial charge in [0.1, 0.15) is 5.69 Å². The Morgan fingerprint density at radius 1 is 1.16 bits per heavy atom. The molecule has 19 heavy (non-hydrogen) atoms. The van der Waals surface area contributed by atoms with Crippen molar-refractivity contribution >= 4 is 0 Å². The van der Waals surface area contributed by atoms with Gasteiger partial charge < -0.3 is 5.32 Å². The number of hydrogen-bond acceptors (Lipinski definition) is 3. The molecule has 0 spiro atoms. The van der Waals surface area contributed by atoms with Crippen LogP contribution in [0.5, 0.6) is 0 Å². The topological polar surface area (TPSA) is 42.7 Å². The van der Waals surface area contributed by atoms with Gasteiger partial charge in [0, 0.05) is 0 Å². The summed E-state index contributed by atoms with van der Waals surface area (Å²) in [6.45, 7) is 1.56. The third-order valence-electron chi connectivity index (χ3n) is 3.63. The third kappa shape index (κ3) is 2.38. The summed E-state index contributed by atoms with van der Waals surface area (Å²) in [6, 6.07) is 9.59. The molecule has 2 heterocycles. The van der Waals surface area contributed by atoms with Crippen molar-refractivity contribution in [3.8, 4) is 5.69 Å². The van der Waals surface area contributed by atoms with Gasteiger partial charge in [-0.3, -0.25) is 0 Å². The van der Waals surface area contributed by atoms with Crippen LogP contribution in [0.4, 0.5) is 4.39 Å². The van der Waals surface area contributed by atoms with Crippen LogP contribution in [0.3, 0.4) is 0 Å². The number of nitrogens with one attached hydrogen (secondary N) is 1. The second-order valence-electron chi connectivity index (χ2n) is 4.94. The van der Waals surface area contributed by atoms with Gasteiger partial charge in [-0.25, -0.2) is 9.07 Å². The van der Waals surface area contributed by atoms with Gasteiger partial charge in [0.15, 0.2) is 5.67 Å². The molecular formula is C14H17FN4. The fraction of sp³-hybridized carbons (Fsp3) is 0.429. The predicted octanol–water partition coefficient (Wildman–Crippen LogP) is 2.21. The molecule has 2 aromatic rings. The maximum absolute atomic E-state index is 15.2. The Kier molecular flexibility index (Phi) is 3.29. The average Bonchev–Trinajstić information content (AvgIpc) is 2.84. The summed E-state index contributed by atoms with van der Waals surface area (Å²) < 4.78 is 16.8. The van der Waals surface area contributed by atoms with Crippen LogP contribution in [0, 0.1) is 0 Å². The molecule has 1 unspecified atom stereocenters. The lowest BCUT2D eigenvalue weighted by Gasteiger charge is -2.23. The number of aromatic nitrogens is 3. The van der Waals surface area contributed by atoms with Crippen LogP contribution in [0.1, 0.15) is 25.0 Å². The number of nitrogens with zero attached hydrogens (tertiary/aromatic N) is 3. The second-order valence-corrected chi connectivity index (χ2v) is 4.94. The summed E-state index contributed by atoms with van der Waals surface area (Å²) in [5, 5.41) is 11.2. The molecule has 1 saturated heterocycles. The van der Waals surface area contributed by atoms with E-state index in [1.54, 1.807) is 10.9 Å². The Balaban J connectivity index is 1.99. The molecule has 5 heteroatoms. The molecule has 100 valence electrons. The molecule has 3 rings (SSSR count). The fourth-order valence-electron chi connectivity index (χ4n) is 2.59. The van der Waals surface area contributed by atoms with Gasteiger partial charge in [0.05, 0.1) is 11.9 Å². The molecule has 1 aromatic carbocycles. The lowest BCUT2D eigenvalue weighted by Crippen LogP contribution is -2.25. The molecule has 1 fully saturated rings. The van der Waals surface area contributed by atoms with Gasteiger partial charge >= 0.3 is 0 Å². The minimum atomic E-state index is -1.34. The zero-order chi connectivity index (χ0) is 13.1. The van der Waals surface area contributed by atoms with Crippen LogP contribution in [-0.2, 0) is 5.67 Å². The molecule has 0 amide bonds. The lowest BCUT2D eigenvalue weighted by atomic mass is 9.93. The first-order valence-electron chi connectivity index (χ1n) is 6.66. The molecular weight excluding hydrogens is 243 g/mol. The maximum Gasteiger partial charge on any atom is 0.155 e. The van der Waals surface area contributed by atoms with Crippen LogP contribution in [0.2, 0.25) is 0 Å². The van der Waals surface area contributed by atoms with Crippen molar-refractivity contribution in [3.63, 3.8) is 0 Å². The zero-order valence-corrected chi connectivity index (χ0v) is 10.7. The van der Waals surface area contributed by atoms with E-state index in [1.165, 1.54) is 0 Å². The van der Waals surface area contributed by atoms with Crippen LogP contribution in [0.25, 0.3) is 5.69 Å². The van der Waals surface area contributed by atoms with Gasteiger partial charge in [-0.05, 0) is 44.5 Å². The lowest BCUT2D eigenvalue weighted by molar-refractivity contribution is 0.135. The highest BCUT2D eigenvalue weighted by molar-refractivity contribution is 5.33. The molecule has 1 atom stereocenters. The van der Waals surface area contributed by atoms with E-state index in [4.69, 9.17) is 0 Å². The van der Waals surface area contributed by atoms with Crippen molar-refractivity contribution in [1.82, 2.24) is 20.3 Å². The number of benzene rings is 1. The Labute approximate surface area is 111 Å². The number of rotatable bonds is 2. The fourth-order valence-corrected chi connectivity index (χ4v) is 2.59. The van der Waals surface area contributed by atoms with Gasteiger partial charge in [0.2, 0.25) is 0 Å². The molecule has 0 aliphatic carbocycles. The predicted molar refractivity (Wildman–Crippen MR) is 70.9 cm³/mol. The smallest absolute Gasteiger partial charge is 0.155 e. The first-order valence-corrected chi connectivity index (χ1v) is 6.66. The Hall–Kier alpha value is -1.75. The van der Waals surface area contributed by atoms with Gasteiger partial charge in [-0.15, -0.1) is 5.10 Å². The van der Waals surface area contributed by atoms with E-state index in [0.29, 0.717) is 25.1 Å². The largest absolute Gasteiger partial charge is 0.317 e. The summed E-state index contributed by atoms with van der Waals surface area (Å²) in [7, 11) is 0. The number of para-hydroxylation sites is 1. The Bertz CT molecular complexity index is 529. The first-order chi connectivity index (χ1) is 9.30. The quantitative estimate of drug-likeness (QED) is 0.900. The van der Waals surface area contributed by atoms with Crippen molar-refractivity contribution < 1.29 is 4.39 Å². The highest BCUT2D eigenvalue weighted by Crippen LogP contribution is 2.35. The molecule has 4 nitrogen and oxygen atoms in total. The van der Waals surface area contributed by atoms with Gasteiger partial charge in [-0.1, -0.05) is 23.4 Å². The Morgan fingerprint density at radius 3 is 2.84 bits per heavy atom. The molecule has 1 aromatic heterocycles. The van der Waals surface area contributed by atoms with E-state index in [2.05, 4.69) is 15.6 Å². The normalized spacial score (nSPS) is 24.1. The van der Waals surface area contributed by atoms with E-state index in [-0.39, 0.29) is 0 Å². The third-order valence-corrected chi connectivity index (χ3v) is 3.63. The number of hydrogen-bond donors (Lipinski definition) is 1. The highest BCUT2D eigenvalue weighted by atomic mass is 19.1. The van der Waals surface area contributed by atoms with Crippen molar-refractivity contribution in [2.24, 2.45) is 0 Å². The summed E-state index contributed by atoms with van der Waals surface area (Å²) in [6.07, 6.45) is 3.36. The summed E-state index contributed by atoms with van der Waals surface area (Å²) >= 11 is 0. The Morgan fingerprint density at radius 2 is 2.00 bits per heavy atom. The summed E-state index contributed by atoms with van der Waals surface area (Å²) in [4.78, 5) is 0. The van der Waals surface area contributed by atoms with Crippen molar-refractivity contribution in [2.75, 3.05) is 13.1 Å². The minimum Gasteiger partial charge on any atom is -0.317 e. The molecule has 1 aliphatic heterocycles. The molecule has 1 aliphatic rings.